The van der Waals surface area contributed by atoms with E-state index in [1.165, 1.54) is 11.0 Å². The Balaban J connectivity index is 2.17. The van der Waals surface area contributed by atoms with Crippen molar-refractivity contribution in [1.29, 1.82) is 0 Å². The van der Waals surface area contributed by atoms with Crippen LogP contribution in [-0.4, -0.2) is 42.8 Å². The van der Waals surface area contributed by atoms with Gasteiger partial charge in [0.2, 0.25) is 11.8 Å². The topological polar surface area (TPSA) is 120 Å². The fraction of sp³-hybridized carbons (Fsp3) is 0.250. The Morgan fingerprint density at radius 2 is 1.94 bits per heavy atom. The number of carbonyl (C=O) groups is 2. The molecule has 0 bridgehead atoms. The number of primary amides is 1. The number of carbonyl (C=O) groups excluding carboxylic acids is 2. The van der Waals surface area contributed by atoms with Gasteiger partial charge in [-0.15, -0.1) is 6.58 Å². The number of aliphatic imine (C=N–C) groups is 1. The van der Waals surface area contributed by atoms with Crippen molar-refractivity contribution < 1.29 is 27.2 Å². The van der Waals surface area contributed by atoms with E-state index in [-0.39, 0.29) is 44.0 Å². The Hall–Kier alpha value is -3.39. The van der Waals surface area contributed by atoms with Gasteiger partial charge in [0.25, 0.3) is 5.56 Å². The first-order valence-electron chi connectivity index (χ1n) is 9.61. The second-order valence-electron chi connectivity index (χ2n) is 7.21. The second-order valence-corrected chi connectivity index (χ2v) is 8.78. The van der Waals surface area contributed by atoms with Gasteiger partial charge in [0, 0.05) is 26.1 Å². The molecule has 9 nitrogen and oxygen atoms in total. The van der Waals surface area contributed by atoms with Crippen molar-refractivity contribution in [1.82, 2.24) is 14.0 Å². The summed E-state index contributed by atoms with van der Waals surface area (Å²) in [6.45, 7) is 3.54. The number of nitrogens with zero attached hydrogens (tertiary/aromatic N) is 4. The highest BCUT2D eigenvalue weighted by molar-refractivity contribution is 8.15. The number of halogens is 5. The van der Waals surface area contributed by atoms with Crippen molar-refractivity contribution in [2.24, 2.45) is 17.8 Å². The van der Waals surface area contributed by atoms with Gasteiger partial charge >= 0.3 is 11.9 Å². The summed E-state index contributed by atoms with van der Waals surface area (Å²) in [7, 11) is 0.781. The highest BCUT2D eigenvalue weighted by Crippen LogP contribution is 2.35. The van der Waals surface area contributed by atoms with Crippen LogP contribution in [0.5, 0.6) is 0 Å². The molecule has 2 amide bonds. The maximum Gasteiger partial charge on any atom is 0.431 e. The lowest BCUT2D eigenvalue weighted by molar-refractivity contribution is -0.144. The zero-order chi connectivity index (χ0) is 26.2. The number of amides is 2. The molecule has 0 saturated carbocycles. The Bertz CT molecular complexity index is 1390. The molecule has 1 aliphatic rings. The molecule has 1 atom stereocenters. The Labute approximate surface area is 203 Å². The normalized spacial score (nSPS) is 17.3. The quantitative estimate of drug-likeness (QED) is 0.451. The first-order valence-corrected chi connectivity index (χ1v) is 10.9. The number of alkyl halides is 3. The minimum absolute atomic E-state index is 0.00447. The number of amidine groups is 1. The zero-order valence-electron chi connectivity index (χ0n) is 17.8. The third-order valence-electron chi connectivity index (χ3n) is 4.80. The molecule has 2 heterocycles. The van der Waals surface area contributed by atoms with Gasteiger partial charge in [-0.25, -0.2) is 18.7 Å². The zero-order valence-corrected chi connectivity index (χ0v) is 19.4. The van der Waals surface area contributed by atoms with Crippen molar-refractivity contribution in [2.75, 3.05) is 6.54 Å². The summed E-state index contributed by atoms with van der Waals surface area (Å²) in [5, 5.41) is -1.11. The second kappa shape index (κ2) is 9.70. The van der Waals surface area contributed by atoms with Crippen LogP contribution in [0.2, 0.25) is 5.02 Å². The van der Waals surface area contributed by atoms with Crippen LogP contribution in [0.3, 0.4) is 0 Å². The summed E-state index contributed by atoms with van der Waals surface area (Å²) in [5.74, 6) is -2.39. The Morgan fingerprint density at radius 3 is 2.51 bits per heavy atom. The molecule has 186 valence electrons. The summed E-state index contributed by atoms with van der Waals surface area (Å²) in [6, 6.07) is 1.77. The lowest BCUT2D eigenvalue weighted by atomic mass is 10.2. The summed E-state index contributed by atoms with van der Waals surface area (Å²) in [6.07, 6.45) is -3.89. The van der Waals surface area contributed by atoms with Gasteiger partial charge in [-0.2, -0.15) is 13.2 Å². The van der Waals surface area contributed by atoms with E-state index >= 15 is 0 Å². The molecule has 3 rings (SSSR count). The summed E-state index contributed by atoms with van der Waals surface area (Å²) >= 11 is 6.96. The van der Waals surface area contributed by atoms with Crippen molar-refractivity contribution in [3.05, 3.63) is 68.2 Å². The molecule has 0 spiro atoms. The first kappa shape index (κ1) is 26.2. The van der Waals surface area contributed by atoms with Gasteiger partial charge < -0.3 is 5.73 Å². The SMILES string of the molecule is C=CCN1C(=O)C(CC(N)=O)S/C1=N\c1cc(-n2c(=O)cc(C(F)(F)F)n(C)c2=O)c(F)cc1Cl. The van der Waals surface area contributed by atoms with Crippen LogP contribution in [0.25, 0.3) is 5.69 Å². The first-order chi connectivity index (χ1) is 16.3. The van der Waals surface area contributed by atoms with Crippen LogP contribution in [0.4, 0.5) is 23.2 Å². The van der Waals surface area contributed by atoms with Crippen molar-refractivity contribution >= 4 is 46.0 Å². The summed E-state index contributed by atoms with van der Waals surface area (Å²) < 4.78 is 54.4. The standard InChI is InChI=1S/C20H16ClF4N5O4S/c1-3-4-29-17(33)13(7-15(26)31)35-18(29)27-11-6-12(10(22)5-9(11)21)30-16(32)8-14(20(23,24)25)28(2)19(30)34/h3,5-6,8,13H,1,4,7H2,2H3,(H2,26,31)/b27-18-. The molecule has 1 aromatic carbocycles. The van der Waals surface area contributed by atoms with Crippen molar-refractivity contribution in [2.45, 2.75) is 17.8 Å². The molecule has 2 N–H and O–H groups in total. The van der Waals surface area contributed by atoms with E-state index in [2.05, 4.69) is 11.6 Å². The average Bonchev–Trinajstić information content (AvgIpc) is 3.01. The minimum atomic E-state index is -5.00. The van der Waals surface area contributed by atoms with Gasteiger partial charge in [0.1, 0.15) is 16.8 Å². The van der Waals surface area contributed by atoms with Gasteiger partial charge in [0.15, 0.2) is 5.17 Å². The largest absolute Gasteiger partial charge is 0.431 e. The van der Waals surface area contributed by atoms with E-state index in [9.17, 15) is 36.7 Å². The third kappa shape index (κ3) is 5.17. The van der Waals surface area contributed by atoms with Gasteiger partial charge in [-0.05, 0) is 12.1 Å². The molecular formula is C20H16ClF4N5O4S. The van der Waals surface area contributed by atoms with Gasteiger partial charge in [0.05, 0.1) is 16.4 Å². The Morgan fingerprint density at radius 1 is 1.29 bits per heavy atom. The van der Waals surface area contributed by atoms with Crippen LogP contribution >= 0.6 is 23.4 Å². The van der Waals surface area contributed by atoms with E-state index in [1.807, 2.05) is 0 Å². The van der Waals surface area contributed by atoms with E-state index < -0.39 is 51.7 Å². The highest BCUT2D eigenvalue weighted by Gasteiger charge is 2.38. The molecule has 2 aromatic rings. The molecule has 1 fully saturated rings. The molecule has 0 aliphatic carbocycles. The number of hydrogen-bond donors (Lipinski definition) is 1. The fourth-order valence-electron chi connectivity index (χ4n) is 3.21. The molecule has 1 aromatic heterocycles. The predicted octanol–water partition coefficient (Wildman–Crippen LogP) is 2.34. The number of rotatable bonds is 6. The van der Waals surface area contributed by atoms with Gasteiger partial charge in [-0.3, -0.25) is 23.9 Å². The van der Waals surface area contributed by atoms with Gasteiger partial charge in [-0.1, -0.05) is 29.4 Å². The monoisotopic (exact) mass is 533 g/mol. The van der Waals surface area contributed by atoms with Crippen LogP contribution in [0.15, 0.2) is 45.4 Å². The molecule has 1 aliphatic heterocycles. The lowest BCUT2D eigenvalue weighted by Crippen LogP contribution is -2.41. The molecule has 0 radical (unpaired) electrons. The van der Waals surface area contributed by atoms with E-state index in [0.717, 1.165) is 30.9 Å². The van der Waals surface area contributed by atoms with Crippen LogP contribution in [0.1, 0.15) is 12.1 Å². The number of nitrogens with two attached hydrogens (primary N) is 1. The molecule has 1 saturated heterocycles. The number of thioether (sulfide) groups is 1. The smallest absolute Gasteiger partial charge is 0.370 e. The van der Waals surface area contributed by atoms with Crippen molar-refractivity contribution in [3.8, 4) is 5.69 Å². The van der Waals surface area contributed by atoms with E-state index in [1.54, 1.807) is 0 Å². The third-order valence-corrected chi connectivity index (χ3v) is 6.28. The molecular weight excluding hydrogens is 518 g/mol. The molecule has 35 heavy (non-hydrogen) atoms. The molecule has 15 heteroatoms. The lowest BCUT2D eigenvalue weighted by Gasteiger charge is -2.16. The average molecular weight is 534 g/mol. The maximum absolute atomic E-state index is 14.7. The molecule has 1 unspecified atom stereocenters. The van der Waals surface area contributed by atoms with Crippen LogP contribution < -0.4 is 17.0 Å². The van der Waals surface area contributed by atoms with E-state index in [4.69, 9.17) is 17.3 Å². The minimum Gasteiger partial charge on any atom is -0.370 e. The van der Waals surface area contributed by atoms with Crippen LogP contribution in [-0.2, 0) is 22.8 Å². The maximum atomic E-state index is 14.7. The Kier molecular flexibility index (Phi) is 7.26. The number of benzene rings is 1. The van der Waals surface area contributed by atoms with E-state index in [0.29, 0.717) is 0 Å². The van der Waals surface area contributed by atoms with Crippen LogP contribution in [0, 0.1) is 5.82 Å². The number of aromatic nitrogens is 2. The predicted molar refractivity (Wildman–Crippen MR) is 121 cm³/mol. The summed E-state index contributed by atoms with van der Waals surface area (Å²) in [4.78, 5) is 54.2. The highest BCUT2D eigenvalue weighted by atomic mass is 35.5. The fourth-order valence-corrected chi connectivity index (χ4v) is 4.58. The van der Waals surface area contributed by atoms with Crippen molar-refractivity contribution in [3.63, 3.8) is 0 Å². The summed E-state index contributed by atoms with van der Waals surface area (Å²) in [5.41, 5.74) is -0.119. The number of hydrogen-bond acceptors (Lipinski definition) is 6.